The molecule has 0 radical (unpaired) electrons. The summed E-state index contributed by atoms with van der Waals surface area (Å²) >= 11 is 6.04. The summed E-state index contributed by atoms with van der Waals surface area (Å²) in [5.74, 6) is 1.29. The molecule has 2 saturated heterocycles. The molecule has 1 N–H and O–H groups in total. The summed E-state index contributed by atoms with van der Waals surface area (Å²) in [6.45, 7) is 3.22. The molecule has 26 heavy (non-hydrogen) atoms. The first-order valence-electron chi connectivity index (χ1n) is 9.38. The summed E-state index contributed by atoms with van der Waals surface area (Å²) in [4.78, 5) is 19.5. The second-order valence-electron chi connectivity index (χ2n) is 7.16. The summed E-state index contributed by atoms with van der Waals surface area (Å²) < 4.78 is 5.35. The number of nitrogens with zero attached hydrogens (tertiary/aromatic N) is 2. The third kappa shape index (κ3) is 3.94. The molecule has 5 nitrogen and oxygen atoms in total. The van der Waals surface area contributed by atoms with E-state index in [0.29, 0.717) is 0 Å². The van der Waals surface area contributed by atoms with Crippen LogP contribution in [0.5, 0.6) is 0 Å². The SMILES string of the molecule is O=C(NC1CCOCC1)C1CCN(c2ccc3cc(Cl)ccc3n2)CC1. The molecule has 6 heteroatoms. The number of amides is 1. The number of carbonyl (C=O) groups is 1. The van der Waals surface area contributed by atoms with Gasteiger partial charge < -0.3 is 15.0 Å². The van der Waals surface area contributed by atoms with E-state index in [1.807, 2.05) is 24.3 Å². The maximum absolute atomic E-state index is 12.5. The number of fused-ring (bicyclic) bond motifs is 1. The minimum atomic E-state index is 0.105. The zero-order chi connectivity index (χ0) is 17.9. The highest BCUT2D eigenvalue weighted by atomic mass is 35.5. The van der Waals surface area contributed by atoms with Gasteiger partial charge in [-0.05, 0) is 56.0 Å². The lowest BCUT2D eigenvalue weighted by Crippen LogP contribution is -2.45. The van der Waals surface area contributed by atoms with Crippen LogP contribution < -0.4 is 10.2 Å². The van der Waals surface area contributed by atoms with Crippen molar-refractivity contribution in [2.75, 3.05) is 31.2 Å². The minimum Gasteiger partial charge on any atom is -0.381 e. The van der Waals surface area contributed by atoms with Crippen molar-refractivity contribution in [1.82, 2.24) is 10.3 Å². The summed E-state index contributed by atoms with van der Waals surface area (Å²) in [6, 6.07) is 10.1. The van der Waals surface area contributed by atoms with Crippen LogP contribution in [0.4, 0.5) is 5.82 Å². The number of hydrogen-bond acceptors (Lipinski definition) is 4. The molecule has 2 aromatic rings. The number of carbonyl (C=O) groups excluding carboxylic acids is 1. The van der Waals surface area contributed by atoms with Crippen molar-refractivity contribution < 1.29 is 9.53 Å². The molecule has 2 fully saturated rings. The Kier molecular flexibility index (Phi) is 5.27. The smallest absolute Gasteiger partial charge is 0.223 e. The molecular weight excluding hydrogens is 350 g/mol. The Hall–Kier alpha value is -1.85. The number of ether oxygens (including phenoxy) is 1. The van der Waals surface area contributed by atoms with Crippen molar-refractivity contribution in [2.45, 2.75) is 31.7 Å². The van der Waals surface area contributed by atoms with E-state index in [1.54, 1.807) is 0 Å². The molecule has 0 atom stereocenters. The number of rotatable bonds is 3. The van der Waals surface area contributed by atoms with Gasteiger partial charge in [0.1, 0.15) is 5.82 Å². The molecule has 3 heterocycles. The van der Waals surface area contributed by atoms with E-state index in [2.05, 4.69) is 16.3 Å². The van der Waals surface area contributed by atoms with E-state index in [-0.39, 0.29) is 17.9 Å². The van der Waals surface area contributed by atoms with Crippen LogP contribution in [0.2, 0.25) is 5.02 Å². The number of nitrogens with one attached hydrogen (secondary N) is 1. The molecule has 1 aromatic heterocycles. The van der Waals surface area contributed by atoms with Gasteiger partial charge in [-0.25, -0.2) is 4.98 Å². The molecule has 1 amide bonds. The first-order chi connectivity index (χ1) is 12.7. The highest BCUT2D eigenvalue weighted by molar-refractivity contribution is 6.31. The highest BCUT2D eigenvalue weighted by Gasteiger charge is 2.27. The van der Waals surface area contributed by atoms with Crippen LogP contribution in [0.25, 0.3) is 10.9 Å². The molecule has 0 unspecified atom stereocenters. The average Bonchev–Trinajstić information content (AvgIpc) is 2.68. The molecule has 0 aliphatic carbocycles. The van der Waals surface area contributed by atoms with E-state index < -0.39 is 0 Å². The fourth-order valence-corrected chi connectivity index (χ4v) is 3.97. The molecule has 2 aliphatic heterocycles. The molecule has 0 bridgehead atoms. The van der Waals surface area contributed by atoms with Gasteiger partial charge >= 0.3 is 0 Å². The van der Waals surface area contributed by atoms with Gasteiger partial charge in [-0.1, -0.05) is 11.6 Å². The van der Waals surface area contributed by atoms with E-state index in [1.165, 1.54) is 0 Å². The highest BCUT2D eigenvalue weighted by Crippen LogP contribution is 2.25. The quantitative estimate of drug-likeness (QED) is 0.895. The average molecular weight is 374 g/mol. The monoisotopic (exact) mass is 373 g/mol. The van der Waals surface area contributed by atoms with Crippen LogP contribution in [0, 0.1) is 5.92 Å². The number of piperidine rings is 1. The maximum atomic E-state index is 12.5. The Morgan fingerprint density at radius 2 is 1.88 bits per heavy atom. The zero-order valence-corrected chi connectivity index (χ0v) is 15.5. The minimum absolute atomic E-state index is 0.105. The number of anilines is 1. The van der Waals surface area contributed by atoms with Gasteiger partial charge in [-0.2, -0.15) is 0 Å². The van der Waals surface area contributed by atoms with Crippen LogP contribution in [-0.4, -0.2) is 43.2 Å². The molecular formula is C20H24ClN3O2. The van der Waals surface area contributed by atoms with Gasteiger partial charge in [0.2, 0.25) is 5.91 Å². The maximum Gasteiger partial charge on any atom is 0.223 e. The van der Waals surface area contributed by atoms with Gasteiger partial charge in [0.25, 0.3) is 0 Å². The van der Waals surface area contributed by atoms with E-state index in [0.717, 1.165) is 73.7 Å². The van der Waals surface area contributed by atoms with Crippen LogP contribution in [0.3, 0.4) is 0 Å². The second kappa shape index (κ2) is 7.80. The summed E-state index contributed by atoms with van der Waals surface area (Å²) in [5.41, 5.74) is 0.950. The molecule has 2 aliphatic rings. The van der Waals surface area contributed by atoms with Crippen molar-refractivity contribution in [1.29, 1.82) is 0 Å². The normalized spacial score (nSPS) is 19.7. The Balaban J connectivity index is 1.35. The van der Waals surface area contributed by atoms with Crippen LogP contribution in [-0.2, 0) is 9.53 Å². The standard InChI is InChI=1S/C20H24ClN3O2/c21-16-2-3-18-15(13-16)1-4-19(23-18)24-9-5-14(6-10-24)20(25)22-17-7-11-26-12-8-17/h1-4,13-14,17H,5-12H2,(H,22,25). The number of hydrogen-bond donors (Lipinski definition) is 1. The lowest BCUT2D eigenvalue weighted by Gasteiger charge is -2.33. The van der Waals surface area contributed by atoms with Crippen LogP contribution in [0.15, 0.2) is 30.3 Å². The third-order valence-corrected chi connectivity index (χ3v) is 5.63. The van der Waals surface area contributed by atoms with E-state index in [9.17, 15) is 4.79 Å². The Morgan fingerprint density at radius 3 is 2.65 bits per heavy atom. The number of aromatic nitrogens is 1. The first kappa shape index (κ1) is 17.6. The van der Waals surface area contributed by atoms with Crippen molar-refractivity contribution in [2.24, 2.45) is 5.92 Å². The van der Waals surface area contributed by atoms with Crippen molar-refractivity contribution in [3.05, 3.63) is 35.4 Å². The lowest BCUT2D eigenvalue weighted by atomic mass is 9.95. The van der Waals surface area contributed by atoms with Crippen LogP contribution >= 0.6 is 11.6 Å². The van der Waals surface area contributed by atoms with Gasteiger partial charge in [0.15, 0.2) is 0 Å². The zero-order valence-electron chi connectivity index (χ0n) is 14.8. The predicted octanol–water partition coefficient (Wildman–Crippen LogP) is 3.40. The van der Waals surface area contributed by atoms with E-state index in [4.69, 9.17) is 21.3 Å². The van der Waals surface area contributed by atoms with Crippen molar-refractivity contribution >= 4 is 34.2 Å². The summed E-state index contributed by atoms with van der Waals surface area (Å²) in [5, 5.41) is 4.98. The Bertz CT molecular complexity index is 784. The largest absolute Gasteiger partial charge is 0.381 e. The fourth-order valence-electron chi connectivity index (χ4n) is 3.79. The third-order valence-electron chi connectivity index (χ3n) is 5.39. The van der Waals surface area contributed by atoms with Crippen molar-refractivity contribution in [3.63, 3.8) is 0 Å². The van der Waals surface area contributed by atoms with Crippen LogP contribution in [0.1, 0.15) is 25.7 Å². The molecule has 138 valence electrons. The van der Waals surface area contributed by atoms with Gasteiger partial charge in [-0.15, -0.1) is 0 Å². The number of halogens is 1. The fraction of sp³-hybridized carbons (Fsp3) is 0.500. The summed E-state index contributed by atoms with van der Waals surface area (Å²) in [6.07, 6.45) is 3.59. The topological polar surface area (TPSA) is 54.5 Å². The molecule has 1 aromatic carbocycles. The summed E-state index contributed by atoms with van der Waals surface area (Å²) in [7, 11) is 0. The van der Waals surface area contributed by atoms with E-state index >= 15 is 0 Å². The lowest BCUT2D eigenvalue weighted by molar-refractivity contribution is -0.126. The molecule has 0 saturated carbocycles. The molecule has 4 rings (SSSR count). The second-order valence-corrected chi connectivity index (χ2v) is 7.60. The Labute approximate surface area is 158 Å². The molecule has 0 spiro atoms. The number of pyridine rings is 1. The van der Waals surface area contributed by atoms with Gasteiger partial charge in [-0.3, -0.25) is 4.79 Å². The van der Waals surface area contributed by atoms with Crippen molar-refractivity contribution in [3.8, 4) is 0 Å². The van der Waals surface area contributed by atoms with Gasteiger partial charge in [0, 0.05) is 48.7 Å². The Morgan fingerprint density at radius 1 is 1.12 bits per heavy atom. The first-order valence-corrected chi connectivity index (χ1v) is 9.76. The number of benzene rings is 1. The predicted molar refractivity (Wildman–Crippen MR) is 104 cm³/mol. The van der Waals surface area contributed by atoms with Gasteiger partial charge in [0.05, 0.1) is 5.52 Å².